The third kappa shape index (κ3) is 4.45. The second-order valence-corrected chi connectivity index (χ2v) is 6.48. The molecule has 1 aromatic carbocycles. The molecule has 0 bridgehead atoms. The van der Waals surface area contributed by atoms with E-state index in [1.165, 1.54) is 6.08 Å². The second kappa shape index (κ2) is 7.92. The fourth-order valence-electron chi connectivity index (χ4n) is 2.76. The predicted molar refractivity (Wildman–Crippen MR) is 99.8 cm³/mol. The van der Waals surface area contributed by atoms with Crippen molar-refractivity contribution in [2.75, 3.05) is 11.9 Å². The van der Waals surface area contributed by atoms with Gasteiger partial charge in [-0.15, -0.1) is 0 Å². The average molecular weight is 364 g/mol. The summed E-state index contributed by atoms with van der Waals surface area (Å²) in [5.41, 5.74) is 0.804. The average Bonchev–Trinajstić information content (AvgIpc) is 3.21. The van der Waals surface area contributed by atoms with Crippen LogP contribution in [-0.4, -0.2) is 18.5 Å². The molecule has 138 valence electrons. The lowest BCUT2D eigenvalue weighted by atomic mass is 10.2. The van der Waals surface area contributed by atoms with Crippen LogP contribution >= 0.6 is 0 Å². The first-order chi connectivity index (χ1) is 13.0. The smallest absolute Gasteiger partial charge is 0.338 e. The first kappa shape index (κ1) is 18.5. The van der Waals surface area contributed by atoms with E-state index in [1.54, 1.807) is 37.3 Å². The molecule has 3 rings (SSSR count). The van der Waals surface area contributed by atoms with Crippen LogP contribution in [0.5, 0.6) is 0 Å². The molecule has 1 saturated carbocycles. The zero-order chi connectivity index (χ0) is 19.4. The summed E-state index contributed by atoms with van der Waals surface area (Å²) in [5.74, 6) is 1.45. The highest BCUT2D eigenvalue weighted by Crippen LogP contribution is 2.47. The van der Waals surface area contributed by atoms with Gasteiger partial charge in [0.05, 0.1) is 12.2 Å². The lowest BCUT2D eigenvalue weighted by Gasteiger charge is -2.06. The van der Waals surface area contributed by atoms with Crippen LogP contribution in [0, 0.1) is 17.2 Å². The number of hydrogen-bond acceptors (Lipinski definition) is 5. The van der Waals surface area contributed by atoms with E-state index in [4.69, 9.17) is 9.15 Å². The van der Waals surface area contributed by atoms with Crippen LogP contribution in [0.3, 0.4) is 0 Å². The summed E-state index contributed by atoms with van der Waals surface area (Å²) in [6.45, 7) is 4.18. The van der Waals surface area contributed by atoms with E-state index in [9.17, 15) is 14.9 Å². The van der Waals surface area contributed by atoms with Crippen molar-refractivity contribution in [3.63, 3.8) is 0 Å². The standard InChI is InChI=1S/C21H20N2O4/c1-3-26-21(25)14-4-6-16(7-5-14)23-20(24)15(12-22)11-17-8-9-19(27-17)18-10-13(18)2/h4-9,11,13,18H,3,10H2,1-2H3,(H,23,24)/b15-11+/t13-,18-/m0/s1. The maximum absolute atomic E-state index is 12.3. The number of hydrogen-bond donors (Lipinski definition) is 1. The Balaban J connectivity index is 1.67. The molecule has 0 unspecified atom stereocenters. The van der Waals surface area contributed by atoms with E-state index in [1.807, 2.05) is 12.1 Å². The minimum absolute atomic E-state index is 0.0609. The number of ether oxygens (including phenoxy) is 1. The third-order valence-electron chi connectivity index (χ3n) is 4.43. The molecule has 0 radical (unpaired) electrons. The van der Waals surface area contributed by atoms with E-state index >= 15 is 0 Å². The number of amides is 1. The van der Waals surface area contributed by atoms with Gasteiger partial charge in [0.1, 0.15) is 23.2 Å². The van der Waals surface area contributed by atoms with Crippen molar-refractivity contribution in [2.24, 2.45) is 5.92 Å². The molecule has 1 fully saturated rings. The molecule has 0 spiro atoms. The highest BCUT2D eigenvalue weighted by Gasteiger charge is 2.36. The molecule has 27 heavy (non-hydrogen) atoms. The van der Waals surface area contributed by atoms with Crippen LogP contribution in [0.15, 0.2) is 46.4 Å². The predicted octanol–water partition coefficient (Wildman–Crippen LogP) is 4.13. The van der Waals surface area contributed by atoms with Crippen molar-refractivity contribution >= 4 is 23.6 Å². The number of benzene rings is 1. The van der Waals surface area contributed by atoms with Crippen molar-refractivity contribution in [3.05, 3.63) is 59.1 Å². The lowest BCUT2D eigenvalue weighted by Crippen LogP contribution is -2.13. The topological polar surface area (TPSA) is 92.3 Å². The number of furan rings is 1. The molecule has 1 aromatic heterocycles. The Labute approximate surface area is 157 Å². The molecule has 1 aliphatic rings. The fraction of sp³-hybridized carbons (Fsp3) is 0.286. The van der Waals surface area contributed by atoms with Gasteiger partial charge in [0.25, 0.3) is 5.91 Å². The Hall–Kier alpha value is -3.33. The fourth-order valence-corrected chi connectivity index (χ4v) is 2.76. The van der Waals surface area contributed by atoms with E-state index in [0.717, 1.165) is 12.2 Å². The molecule has 0 saturated heterocycles. The number of carbonyl (C=O) groups is 2. The lowest BCUT2D eigenvalue weighted by molar-refractivity contribution is -0.112. The van der Waals surface area contributed by atoms with Gasteiger partial charge in [-0.2, -0.15) is 5.26 Å². The zero-order valence-electron chi connectivity index (χ0n) is 15.2. The van der Waals surface area contributed by atoms with E-state index in [2.05, 4.69) is 12.2 Å². The van der Waals surface area contributed by atoms with Gasteiger partial charge >= 0.3 is 5.97 Å². The van der Waals surface area contributed by atoms with Crippen LogP contribution in [0.25, 0.3) is 6.08 Å². The van der Waals surface area contributed by atoms with Gasteiger partial charge in [0.2, 0.25) is 0 Å². The Morgan fingerprint density at radius 1 is 1.30 bits per heavy atom. The Morgan fingerprint density at radius 2 is 2.00 bits per heavy atom. The van der Waals surface area contributed by atoms with Gasteiger partial charge in [0, 0.05) is 17.7 Å². The first-order valence-electron chi connectivity index (χ1n) is 8.82. The minimum Gasteiger partial charge on any atom is -0.462 e. The van der Waals surface area contributed by atoms with Crippen molar-refractivity contribution in [3.8, 4) is 6.07 Å². The van der Waals surface area contributed by atoms with Gasteiger partial charge in [-0.3, -0.25) is 4.79 Å². The summed E-state index contributed by atoms with van der Waals surface area (Å²) >= 11 is 0. The monoisotopic (exact) mass is 364 g/mol. The molecule has 1 aliphatic carbocycles. The van der Waals surface area contributed by atoms with Crippen LogP contribution in [-0.2, 0) is 9.53 Å². The summed E-state index contributed by atoms with van der Waals surface area (Å²) in [6.07, 6.45) is 2.53. The minimum atomic E-state index is -0.542. The van der Waals surface area contributed by atoms with E-state index in [-0.39, 0.29) is 5.57 Å². The number of rotatable bonds is 6. The highest BCUT2D eigenvalue weighted by atomic mass is 16.5. The molecule has 6 nitrogen and oxygen atoms in total. The van der Waals surface area contributed by atoms with Crippen molar-refractivity contribution in [1.82, 2.24) is 0 Å². The highest BCUT2D eigenvalue weighted by molar-refractivity contribution is 6.09. The molecule has 2 aromatic rings. The largest absolute Gasteiger partial charge is 0.462 e. The van der Waals surface area contributed by atoms with Gasteiger partial charge in [-0.25, -0.2) is 4.79 Å². The van der Waals surface area contributed by atoms with Crippen molar-refractivity contribution in [2.45, 2.75) is 26.2 Å². The summed E-state index contributed by atoms with van der Waals surface area (Å²) in [5, 5.41) is 11.9. The number of nitrogens with one attached hydrogen (secondary N) is 1. The van der Waals surface area contributed by atoms with Gasteiger partial charge < -0.3 is 14.5 Å². The maximum atomic E-state index is 12.3. The van der Waals surface area contributed by atoms with Crippen LogP contribution in [0.2, 0.25) is 0 Å². The van der Waals surface area contributed by atoms with Crippen LogP contribution in [0.1, 0.15) is 48.1 Å². The number of anilines is 1. The van der Waals surface area contributed by atoms with Crippen molar-refractivity contribution in [1.29, 1.82) is 5.26 Å². The number of nitrogens with zero attached hydrogens (tertiary/aromatic N) is 1. The van der Waals surface area contributed by atoms with Gasteiger partial charge in [-0.05, 0) is 55.7 Å². The number of carbonyl (C=O) groups excluding carboxylic acids is 2. The summed E-state index contributed by atoms with van der Waals surface area (Å²) in [4.78, 5) is 24.0. The van der Waals surface area contributed by atoms with Gasteiger partial charge in [-0.1, -0.05) is 6.92 Å². The Kier molecular flexibility index (Phi) is 5.41. The molecule has 0 aliphatic heterocycles. The van der Waals surface area contributed by atoms with Crippen LogP contribution < -0.4 is 5.32 Å². The Morgan fingerprint density at radius 3 is 2.59 bits per heavy atom. The van der Waals surface area contributed by atoms with E-state index < -0.39 is 11.9 Å². The molecular formula is C21H20N2O4. The van der Waals surface area contributed by atoms with Gasteiger partial charge in [0.15, 0.2) is 0 Å². The molecule has 1 N–H and O–H groups in total. The number of esters is 1. The normalized spacial score (nSPS) is 18.5. The molecule has 1 amide bonds. The number of nitriles is 1. The van der Waals surface area contributed by atoms with Crippen LogP contribution in [0.4, 0.5) is 5.69 Å². The SMILES string of the molecule is CCOC(=O)c1ccc(NC(=O)/C(C#N)=C/c2ccc([C@H]3C[C@@H]3C)o2)cc1. The quantitative estimate of drug-likeness (QED) is 0.473. The van der Waals surface area contributed by atoms with E-state index in [0.29, 0.717) is 35.5 Å². The Bertz CT molecular complexity index is 918. The zero-order valence-corrected chi connectivity index (χ0v) is 15.2. The summed E-state index contributed by atoms with van der Waals surface area (Å²) in [6, 6.07) is 11.8. The molecule has 2 atom stereocenters. The third-order valence-corrected chi connectivity index (χ3v) is 4.43. The summed E-state index contributed by atoms with van der Waals surface area (Å²) < 4.78 is 10.6. The maximum Gasteiger partial charge on any atom is 0.338 e. The summed E-state index contributed by atoms with van der Waals surface area (Å²) in [7, 11) is 0. The molecule has 1 heterocycles. The van der Waals surface area contributed by atoms with Crippen molar-refractivity contribution < 1.29 is 18.7 Å². The second-order valence-electron chi connectivity index (χ2n) is 6.48. The first-order valence-corrected chi connectivity index (χ1v) is 8.82. The molecular weight excluding hydrogens is 344 g/mol. The molecule has 6 heteroatoms.